The van der Waals surface area contributed by atoms with Gasteiger partial charge in [0.25, 0.3) is 0 Å². The summed E-state index contributed by atoms with van der Waals surface area (Å²) in [6.07, 6.45) is 4.82. The van der Waals surface area contributed by atoms with Gasteiger partial charge in [0.1, 0.15) is 6.04 Å². The number of nitrogens with one attached hydrogen (secondary N) is 1. The van der Waals surface area contributed by atoms with Crippen molar-refractivity contribution in [2.45, 2.75) is 58.5 Å². The van der Waals surface area contributed by atoms with Crippen molar-refractivity contribution in [3.05, 3.63) is 59.2 Å². The monoisotopic (exact) mass is 405 g/mol. The lowest BCUT2D eigenvalue weighted by molar-refractivity contribution is -0.138. The Morgan fingerprint density at radius 1 is 1.03 bits per heavy atom. The third-order valence-corrected chi connectivity index (χ3v) is 6.27. The maximum absolute atomic E-state index is 12.9. The number of benzene rings is 2. The SMILES string of the molecule is CC(=O)N1CCCC[C@@H]1C(=O)Nc1ccc2c(c1)CCCN2Cc1ccc(C)cc1. The predicted octanol–water partition coefficient (Wildman–Crippen LogP) is 4.29. The van der Waals surface area contributed by atoms with E-state index in [1.165, 1.54) is 22.4 Å². The molecular weight excluding hydrogens is 374 g/mol. The zero-order valence-electron chi connectivity index (χ0n) is 18.0. The molecule has 5 nitrogen and oxygen atoms in total. The van der Waals surface area contributed by atoms with Crippen molar-refractivity contribution in [1.82, 2.24) is 4.90 Å². The first-order valence-electron chi connectivity index (χ1n) is 11.0. The summed E-state index contributed by atoms with van der Waals surface area (Å²) < 4.78 is 0. The van der Waals surface area contributed by atoms with Crippen LogP contribution in [0.3, 0.4) is 0 Å². The third kappa shape index (κ3) is 4.50. The number of piperidine rings is 1. The molecule has 2 heterocycles. The standard InChI is InChI=1S/C25H31N3O2/c1-18-8-10-20(11-9-18)17-27-14-5-6-21-16-22(12-13-23(21)27)26-25(30)24-7-3-4-15-28(24)19(2)29/h8-13,16,24H,3-7,14-15,17H2,1-2H3,(H,26,30)/t24-/m1/s1. The van der Waals surface area contributed by atoms with E-state index in [0.29, 0.717) is 6.54 Å². The second-order valence-corrected chi connectivity index (χ2v) is 8.57. The van der Waals surface area contributed by atoms with E-state index in [-0.39, 0.29) is 17.9 Å². The Bertz CT molecular complexity index is 922. The number of amides is 2. The highest BCUT2D eigenvalue weighted by atomic mass is 16.2. The first-order valence-corrected chi connectivity index (χ1v) is 11.0. The summed E-state index contributed by atoms with van der Waals surface area (Å²) in [4.78, 5) is 28.9. The lowest BCUT2D eigenvalue weighted by Gasteiger charge is -2.34. The van der Waals surface area contributed by atoms with Gasteiger partial charge in [-0.25, -0.2) is 0 Å². The quantitative estimate of drug-likeness (QED) is 0.826. The molecule has 30 heavy (non-hydrogen) atoms. The number of carbonyl (C=O) groups excluding carboxylic acids is 2. The van der Waals surface area contributed by atoms with Crippen molar-refractivity contribution in [3.8, 4) is 0 Å². The van der Waals surface area contributed by atoms with Gasteiger partial charge in [0, 0.05) is 37.9 Å². The van der Waals surface area contributed by atoms with Crippen LogP contribution in [0, 0.1) is 6.92 Å². The highest BCUT2D eigenvalue weighted by Crippen LogP contribution is 2.31. The molecule has 2 aromatic rings. The van der Waals surface area contributed by atoms with Crippen LogP contribution in [0.4, 0.5) is 11.4 Å². The van der Waals surface area contributed by atoms with Crippen LogP contribution in [-0.4, -0.2) is 35.8 Å². The number of nitrogens with zero attached hydrogens (tertiary/aromatic N) is 2. The summed E-state index contributed by atoms with van der Waals surface area (Å²) in [6, 6.07) is 14.6. The van der Waals surface area contributed by atoms with E-state index in [0.717, 1.165) is 50.9 Å². The third-order valence-electron chi connectivity index (χ3n) is 6.27. The molecule has 4 rings (SSSR count). The number of aryl methyl sites for hydroxylation is 2. The van der Waals surface area contributed by atoms with Gasteiger partial charge in [-0.15, -0.1) is 0 Å². The molecule has 0 aromatic heterocycles. The van der Waals surface area contributed by atoms with E-state index in [1.54, 1.807) is 11.8 Å². The molecule has 1 fully saturated rings. The van der Waals surface area contributed by atoms with Gasteiger partial charge in [0.05, 0.1) is 0 Å². The summed E-state index contributed by atoms with van der Waals surface area (Å²) in [7, 11) is 0. The maximum atomic E-state index is 12.9. The number of anilines is 2. The molecule has 1 N–H and O–H groups in total. The zero-order chi connectivity index (χ0) is 21.1. The first-order chi connectivity index (χ1) is 14.5. The van der Waals surface area contributed by atoms with Gasteiger partial charge in [-0.1, -0.05) is 29.8 Å². The second-order valence-electron chi connectivity index (χ2n) is 8.57. The van der Waals surface area contributed by atoms with E-state index >= 15 is 0 Å². The lowest BCUT2D eigenvalue weighted by Crippen LogP contribution is -2.49. The molecule has 0 unspecified atom stereocenters. The molecule has 0 radical (unpaired) electrons. The van der Waals surface area contributed by atoms with Crippen molar-refractivity contribution in [3.63, 3.8) is 0 Å². The van der Waals surface area contributed by atoms with Crippen molar-refractivity contribution in [2.75, 3.05) is 23.3 Å². The Kier molecular flexibility index (Phi) is 6.07. The maximum Gasteiger partial charge on any atom is 0.247 e. The van der Waals surface area contributed by atoms with Crippen LogP contribution in [0.2, 0.25) is 0 Å². The highest BCUT2D eigenvalue weighted by Gasteiger charge is 2.30. The molecule has 1 atom stereocenters. The number of hydrogen-bond donors (Lipinski definition) is 1. The van der Waals surface area contributed by atoms with E-state index in [1.807, 2.05) is 6.07 Å². The Morgan fingerprint density at radius 3 is 2.60 bits per heavy atom. The molecule has 1 saturated heterocycles. The van der Waals surface area contributed by atoms with Crippen molar-refractivity contribution < 1.29 is 9.59 Å². The van der Waals surface area contributed by atoms with E-state index in [4.69, 9.17) is 0 Å². The largest absolute Gasteiger partial charge is 0.367 e. The van der Waals surface area contributed by atoms with Crippen molar-refractivity contribution in [1.29, 1.82) is 0 Å². The van der Waals surface area contributed by atoms with E-state index in [2.05, 4.69) is 53.5 Å². The van der Waals surface area contributed by atoms with Crippen LogP contribution in [0.25, 0.3) is 0 Å². The smallest absolute Gasteiger partial charge is 0.247 e. The topological polar surface area (TPSA) is 52.7 Å². The fourth-order valence-electron chi connectivity index (χ4n) is 4.64. The molecule has 0 saturated carbocycles. The van der Waals surface area contributed by atoms with Gasteiger partial charge in [0.2, 0.25) is 11.8 Å². The molecule has 2 aromatic carbocycles. The molecule has 158 valence electrons. The minimum Gasteiger partial charge on any atom is -0.367 e. The fraction of sp³-hybridized carbons (Fsp3) is 0.440. The summed E-state index contributed by atoms with van der Waals surface area (Å²) >= 11 is 0. The number of rotatable bonds is 4. The average Bonchev–Trinajstić information content (AvgIpc) is 2.75. The summed E-state index contributed by atoms with van der Waals surface area (Å²) in [5, 5.41) is 3.07. The Hall–Kier alpha value is -2.82. The van der Waals surface area contributed by atoms with Crippen molar-refractivity contribution >= 4 is 23.2 Å². The van der Waals surface area contributed by atoms with Crippen LogP contribution >= 0.6 is 0 Å². The molecule has 5 heteroatoms. The fourth-order valence-corrected chi connectivity index (χ4v) is 4.64. The summed E-state index contributed by atoms with van der Waals surface area (Å²) in [5.74, 6) is -0.0933. The van der Waals surface area contributed by atoms with Gasteiger partial charge >= 0.3 is 0 Å². The van der Waals surface area contributed by atoms with Gasteiger partial charge < -0.3 is 15.1 Å². The first kappa shape index (κ1) is 20.5. The normalized spacial score (nSPS) is 18.7. The van der Waals surface area contributed by atoms with Crippen molar-refractivity contribution in [2.24, 2.45) is 0 Å². The molecule has 2 amide bonds. The number of fused-ring (bicyclic) bond motifs is 1. The Labute approximate surface area is 179 Å². The van der Waals surface area contributed by atoms with Crippen LogP contribution in [-0.2, 0) is 22.6 Å². The van der Waals surface area contributed by atoms with Crippen LogP contribution < -0.4 is 10.2 Å². The van der Waals surface area contributed by atoms with Crippen LogP contribution in [0.15, 0.2) is 42.5 Å². The Balaban J connectivity index is 1.47. The van der Waals surface area contributed by atoms with E-state index in [9.17, 15) is 9.59 Å². The van der Waals surface area contributed by atoms with Crippen LogP contribution in [0.1, 0.15) is 49.3 Å². The van der Waals surface area contributed by atoms with Gasteiger partial charge in [-0.05, 0) is 68.4 Å². The Morgan fingerprint density at radius 2 is 1.83 bits per heavy atom. The number of carbonyl (C=O) groups is 2. The second kappa shape index (κ2) is 8.90. The van der Waals surface area contributed by atoms with Gasteiger partial charge in [-0.3, -0.25) is 9.59 Å². The molecule has 2 aliphatic rings. The highest BCUT2D eigenvalue weighted by molar-refractivity contribution is 5.97. The van der Waals surface area contributed by atoms with E-state index < -0.39 is 0 Å². The predicted molar refractivity (Wildman–Crippen MR) is 121 cm³/mol. The van der Waals surface area contributed by atoms with Crippen LogP contribution in [0.5, 0.6) is 0 Å². The number of hydrogen-bond acceptors (Lipinski definition) is 3. The summed E-state index contributed by atoms with van der Waals surface area (Å²) in [5.41, 5.74) is 5.94. The van der Waals surface area contributed by atoms with Gasteiger partial charge in [-0.2, -0.15) is 0 Å². The summed E-state index contributed by atoms with van der Waals surface area (Å²) in [6.45, 7) is 6.27. The molecule has 0 spiro atoms. The molecular formula is C25H31N3O2. The number of likely N-dealkylation sites (tertiary alicyclic amines) is 1. The van der Waals surface area contributed by atoms with Gasteiger partial charge in [0.15, 0.2) is 0 Å². The molecule has 2 aliphatic heterocycles. The minimum atomic E-state index is -0.356. The molecule has 0 aliphatic carbocycles. The molecule has 0 bridgehead atoms. The lowest BCUT2D eigenvalue weighted by atomic mass is 9.99. The average molecular weight is 406 g/mol. The minimum absolute atomic E-state index is 0.0213. The zero-order valence-corrected chi connectivity index (χ0v) is 18.0.